The average Bonchev–Trinajstić information content (AvgIpc) is 2.47. The molecule has 1 saturated carbocycles. The molecule has 0 amide bonds. The quantitative estimate of drug-likeness (QED) is 0.844. The minimum atomic E-state index is -0.108. The van der Waals surface area contributed by atoms with Gasteiger partial charge >= 0.3 is 0 Å². The highest BCUT2D eigenvalue weighted by atomic mass is 32.2. The summed E-state index contributed by atoms with van der Waals surface area (Å²) < 4.78 is 5.29. The maximum atomic E-state index is 9.86. The normalized spacial score (nSPS) is 26.0. The van der Waals surface area contributed by atoms with Crippen molar-refractivity contribution in [3.05, 3.63) is 24.3 Å². The molecule has 2 rings (SSSR count). The summed E-state index contributed by atoms with van der Waals surface area (Å²) in [5.74, 6) is 0.907. The number of aliphatic hydroxyl groups excluding tert-OH is 1. The summed E-state index contributed by atoms with van der Waals surface area (Å²) in [5.41, 5.74) is -0.108. The molecule has 3 nitrogen and oxygen atoms in total. The SMILES string of the molecule is COc1cccc(SC2CCCC(CO)(NC(C)C)C2)c1. The molecule has 1 aliphatic carbocycles. The van der Waals surface area contributed by atoms with E-state index in [0.29, 0.717) is 11.3 Å². The Morgan fingerprint density at radius 1 is 1.48 bits per heavy atom. The Balaban J connectivity index is 2.03. The summed E-state index contributed by atoms with van der Waals surface area (Å²) in [7, 11) is 1.70. The van der Waals surface area contributed by atoms with Crippen LogP contribution in [0.3, 0.4) is 0 Å². The van der Waals surface area contributed by atoms with Gasteiger partial charge in [-0.3, -0.25) is 0 Å². The van der Waals surface area contributed by atoms with E-state index in [1.165, 1.54) is 17.7 Å². The Bertz CT molecular complexity index is 452. The van der Waals surface area contributed by atoms with Crippen LogP contribution in [0.1, 0.15) is 39.5 Å². The van der Waals surface area contributed by atoms with Crippen LogP contribution in [-0.2, 0) is 0 Å². The third-order valence-electron chi connectivity index (χ3n) is 4.04. The van der Waals surface area contributed by atoms with Gasteiger partial charge in [-0.05, 0) is 37.5 Å². The average molecular weight is 309 g/mol. The highest BCUT2D eigenvalue weighted by Crippen LogP contribution is 2.39. The summed E-state index contributed by atoms with van der Waals surface area (Å²) in [6, 6.07) is 8.64. The van der Waals surface area contributed by atoms with E-state index in [-0.39, 0.29) is 12.1 Å². The van der Waals surface area contributed by atoms with Crippen LogP contribution in [0.4, 0.5) is 0 Å². The Labute approximate surface area is 132 Å². The Morgan fingerprint density at radius 3 is 2.95 bits per heavy atom. The van der Waals surface area contributed by atoms with Gasteiger partial charge in [0.25, 0.3) is 0 Å². The molecular weight excluding hydrogens is 282 g/mol. The minimum absolute atomic E-state index is 0.108. The van der Waals surface area contributed by atoms with E-state index in [1.54, 1.807) is 7.11 Å². The van der Waals surface area contributed by atoms with Gasteiger partial charge < -0.3 is 15.2 Å². The van der Waals surface area contributed by atoms with Crippen molar-refractivity contribution in [2.24, 2.45) is 0 Å². The van der Waals surface area contributed by atoms with Gasteiger partial charge in [0.1, 0.15) is 5.75 Å². The summed E-state index contributed by atoms with van der Waals surface area (Å²) in [6.45, 7) is 4.52. The number of benzene rings is 1. The van der Waals surface area contributed by atoms with Crippen molar-refractivity contribution in [3.63, 3.8) is 0 Å². The molecule has 1 aromatic rings. The third-order valence-corrected chi connectivity index (χ3v) is 5.30. The van der Waals surface area contributed by atoms with Crippen molar-refractivity contribution in [1.82, 2.24) is 5.32 Å². The van der Waals surface area contributed by atoms with Crippen LogP contribution in [0.25, 0.3) is 0 Å². The van der Waals surface area contributed by atoms with Crippen molar-refractivity contribution in [2.45, 2.75) is 61.3 Å². The molecule has 2 N–H and O–H groups in total. The van der Waals surface area contributed by atoms with Gasteiger partial charge in [0.15, 0.2) is 0 Å². The van der Waals surface area contributed by atoms with E-state index >= 15 is 0 Å². The van der Waals surface area contributed by atoms with E-state index < -0.39 is 0 Å². The molecule has 0 aliphatic heterocycles. The number of hydrogen-bond acceptors (Lipinski definition) is 4. The van der Waals surface area contributed by atoms with Crippen molar-refractivity contribution in [1.29, 1.82) is 0 Å². The van der Waals surface area contributed by atoms with Crippen LogP contribution in [0.15, 0.2) is 29.2 Å². The first-order valence-electron chi connectivity index (χ1n) is 7.76. The van der Waals surface area contributed by atoms with Crippen molar-refractivity contribution in [2.75, 3.05) is 13.7 Å². The lowest BCUT2D eigenvalue weighted by molar-refractivity contribution is 0.115. The van der Waals surface area contributed by atoms with Gasteiger partial charge in [0.05, 0.1) is 13.7 Å². The zero-order valence-electron chi connectivity index (χ0n) is 13.3. The van der Waals surface area contributed by atoms with E-state index in [4.69, 9.17) is 4.74 Å². The van der Waals surface area contributed by atoms with Gasteiger partial charge in [-0.2, -0.15) is 0 Å². The maximum Gasteiger partial charge on any atom is 0.119 e. The summed E-state index contributed by atoms with van der Waals surface area (Å²) in [6.07, 6.45) is 4.46. The number of nitrogens with one attached hydrogen (secondary N) is 1. The molecule has 0 saturated heterocycles. The van der Waals surface area contributed by atoms with Crippen LogP contribution >= 0.6 is 11.8 Å². The number of rotatable bonds is 6. The van der Waals surface area contributed by atoms with Crippen LogP contribution in [0.5, 0.6) is 5.75 Å². The molecule has 0 heterocycles. The molecule has 0 spiro atoms. The monoisotopic (exact) mass is 309 g/mol. The lowest BCUT2D eigenvalue weighted by Crippen LogP contribution is -2.54. The minimum Gasteiger partial charge on any atom is -0.497 e. The largest absolute Gasteiger partial charge is 0.497 e. The van der Waals surface area contributed by atoms with Crippen molar-refractivity contribution in [3.8, 4) is 5.75 Å². The summed E-state index contributed by atoms with van der Waals surface area (Å²) >= 11 is 1.91. The number of ether oxygens (including phenoxy) is 1. The molecule has 0 aromatic heterocycles. The molecule has 1 aromatic carbocycles. The molecule has 118 valence electrons. The van der Waals surface area contributed by atoms with Gasteiger partial charge in [-0.1, -0.05) is 26.3 Å². The second-order valence-corrected chi connectivity index (χ2v) is 7.63. The molecule has 4 heteroatoms. The molecule has 1 aliphatic rings. The van der Waals surface area contributed by atoms with Crippen LogP contribution in [-0.4, -0.2) is 35.7 Å². The lowest BCUT2D eigenvalue weighted by atomic mass is 9.81. The number of hydrogen-bond donors (Lipinski definition) is 2. The molecule has 0 bridgehead atoms. The van der Waals surface area contributed by atoms with Crippen molar-refractivity contribution >= 4 is 11.8 Å². The lowest BCUT2D eigenvalue weighted by Gasteiger charge is -2.41. The van der Waals surface area contributed by atoms with Crippen LogP contribution in [0, 0.1) is 0 Å². The predicted octanol–water partition coefficient (Wildman–Crippen LogP) is 3.46. The fourth-order valence-corrected chi connectivity index (χ4v) is 4.62. The third kappa shape index (κ3) is 4.63. The van der Waals surface area contributed by atoms with Gasteiger partial charge in [0, 0.05) is 21.7 Å². The number of methoxy groups -OCH3 is 1. The zero-order chi connectivity index (χ0) is 15.3. The number of aliphatic hydroxyl groups is 1. The van der Waals surface area contributed by atoms with E-state index in [0.717, 1.165) is 18.6 Å². The van der Waals surface area contributed by atoms with Gasteiger partial charge in [-0.15, -0.1) is 11.8 Å². The van der Waals surface area contributed by atoms with Crippen LogP contribution in [0.2, 0.25) is 0 Å². The first kappa shape index (κ1) is 16.7. The zero-order valence-corrected chi connectivity index (χ0v) is 14.1. The van der Waals surface area contributed by atoms with Gasteiger partial charge in [0.2, 0.25) is 0 Å². The maximum absolute atomic E-state index is 9.86. The molecule has 0 radical (unpaired) electrons. The van der Waals surface area contributed by atoms with E-state index in [9.17, 15) is 5.11 Å². The second kappa shape index (κ2) is 7.52. The fraction of sp³-hybridized carbons (Fsp3) is 0.647. The Kier molecular flexibility index (Phi) is 5.97. The summed E-state index contributed by atoms with van der Waals surface area (Å²) in [5, 5.41) is 14.0. The smallest absolute Gasteiger partial charge is 0.119 e. The first-order valence-corrected chi connectivity index (χ1v) is 8.64. The molecular formula is C17H27NO2S. The highest BCUT2D eigenvalue weighted by Gasteiger charge is 2.36. The fourth-order valence-electron chi connectivity index (χ4n) is 3.21. The topological polar surface area (TPSA) is 41.5 Å². The second-order valence-electron chi connectivity index (χ2n) is 6.25. The Morgan fingerprint density at radius 2 is 2.29 bits per heavy atom. The summed E-state index contributed by atoms with van der Waals surface area (Å²) in [4.78, 5) is 1.25. The van der Waals surface area contributed by atoms with E-state index in [1.807, 2.05) is 23.9 Å². The highest BCUT2D eigenvalue weighted by molar-refractivity contribution is 8.00. The van der Waals surface area contributed by atoms with Gasteiger partial charge in [-0.25, -0.2) is 0 Å². The Hall–Kier alpha value is -0.710. The molecule has 1 fully saturated rings. The predicted molar refractivity (Wildman–Crippen MR) is 89.2 cm³/mol. The van der Waals surface area contributed by atoms with Crippen molar-refractivity contribution < 1.29 is 9.84 Å². The number of thioether (sulfide) groups is 1. The first-order chi connectivity index (χ1) is 10.1. The molecule has 2 unspecified atom stereocenters. The molecule has 21 heavy (non-hydrogen) atoms. The van der Waals surface area contributed by atoms with E-state index in [2.05, 4.69) is 31.3 Å². The molecule has 2 atom stereocenters. The van der Waals surface area contributed by atoms with Crippen LogP contribution < -0.4 is 10.1 Å². The standard InChI is InChI=1S/C17H27NO2S/c1-13(2)18-17(12-19)9-5-8-16(11-17)21-15-7-4-6-14(10-15)20-3/h4,6-7,10,13,16,18-19H,5,8-9,11-12H2,1-3H3.